The predicted octanol–water partition coefficient (Wildman–Crippen LogP) is 2.26. The quantitative estimate of drug-likeness (QED) is 0.709. The van der Waals surface area contributed by atoms with Crippen LogP contribution in [0.1, 0.15) is 16.8 Å². The topological polar surface area (TPSA) is 69.0 Å². The van der Waals surface area contributed by atoms with Gasteiger partial charge < -0.3 is 14.6 Å². The summed E-state index contributed by atoms with van der Waals surface area (Å²) in [5.74, 6) is 0.630. The number of nitrogens with one attached hydrogen (secondary N) is 1. The number of fused-ring (bicyclic) bond motifs is 1. The number of imidazole rings is 1. The summed E-state index contributed by atoms with van der Waals surface area (Å²) >= 11 is 0. The smallest absolute Gasteiger partial charge is 0.252 e. The van der Waals surface area contributed by atoms with E-state index in [1.165, 1.54) is 0 Å². The van der Waals surface area contributed by atoms with Crippen LogP contribution in [0.4, 0.5) is 0 Å². The molecule has 118 valence electrons. The monoisotopic (exact) mass is 310 g/mol. The molecular weight excluding hydrogens is 292 g/mol. The summed E-state index contributed by atoms with van der Waals surface area (Å²) in [7, 11) is 1.62. The molecule has 0 saturated carbocycles. The van der Waals surface area contributed by atoms with Crippen molar-refractivity contribution in [3.63, 3.8) is 0 Å². The Balaban J connectivity index is 1.61. The van der Waals surface area contributed by atoms with Crippen LogP contribution in [-0.2, 0) is 6.54 Å². The molecule has 0 bridgehead atoms. The van der Waals surface area contributed by atoms with Gasteiger partial charge in [-0.2, -0.15) is 0 Å². The lowest BCUT2D eigenvalue weighted by Gasteiger charge is -2.07. The Labute approximate surface area is 134 Å². The van der Waals surface area contributed by atoms with E-state index in [9.17, 15) is 4.79 Å². The van der Waals surface area contributed by atoms with Gasteiger partial charge in [0, 0.05) is 37.1 Å². The Morgan fingerprint density at radius 1 is 1.35 bits per heavy atom. The van der Waals surface area contributed by atoms with Crippen molar-refractivity contribution in [2.24, 2.45) is 0 Å². The zero-order valence-electron chi connectivity index (χ0n) is 12.9. The molecule has 0 atom stereocenters. The van der Waals surface area contributed by atoms with E-state index in [-0.39, 0.29) is 5.91 Å². The van der Waals surface area contributed by atoms with E-state index in [0.717, 1.165) is 29.6 Å². The molecule has 2 aromatic heterocycles. The van der Waals surface area contributed by atoms with Gasteiger partial charge in [-0.25, -0.2) is 4.98 Å². The maximum absolute atomic E-state index is 12.2. The first-order valence-corrected chi connectivity index (χ1v) is 7.44. The summed E-state index contributed by atoms with van der Waals surface area (Å²) in [6.07, 6.45) is 7.86. The van der Waals surface area contributed by atoms with Crippen molar-refractivity contribution in [2.75, 3.05) is 13.7 Å². The maximum Gasteiger partial charge on any atom is 0.252 e. The minimum Gasteiger partial charge on any atom is -0.497 e. The number of hydrogen-bond acceptors (Lipinski definition) is 4. The fourth-order valence-corrected chi connectivity index (χ4v) is 2.35. The molecule has 23 heavy (non-hydrogen) atoms. The molecule has 0 aliphatic heterocycles. The molecule has 0 unspecified atom stereocenters. The van der Waals surface area contributed by atoms with Crippen LogP contribution in [0.25, 0.3) is 10.9 Å². The van der Waals surface area contributed by atoms with Gasteiger partial charge in [-0.05, 0) is 30.7 Å². The second-order valence-electron chi connectivity index (χ2n) is 5.19. The largest absolute Gasteiger partial charge is 0.497 e. The number of rotatable bonds is 6. The van der Waals surface area contributed by atoms with Gasteiger partial charge >= 0.3 is 0 Å². The summed E-state index contributed by atoms with van der Waals surface area (Å²) in [5, 5.41) is 3.80. The third kappa shape index (κ3) is 3.66. The lowest BCUT2D eigenvalue weighted by molar-refractivity contribution is 0.0952. The molecule has 1 aromatic carbocycles. The second kappa shape index (κ2) is 6.91. The Bertz CT molecular complexity index is 799. The summed E-state index contributed by atoms with van der Waals surface area (Å²) in [5.41, 5.74) is 1.39. The van der Waals surface area contributed by atoms with E-state index in [2.05, 4.69) is 15.3 Å². The van der Waals surface area contributed by atoms with E-state index in [1.807, 2.05) is 35.0 Å². The Morgan fingerprint density at radius 3 is 3.04 bits per heavy atom. The highest BCUT2D eigenvalue weighted by molar-refractivity contribution is 5.97. The molecular formula is C17H18N4O2. The highest BCUT2D eigenvalue weighted by Crippen LogP contribution is 2.19. The number of aromatic nitrogens is 3. The number of carbonyl (C=O) groups excluding carboxylic acids is 1. The van der Waals surface area contributed by atoms with Gasteiger partial charge in [-0.1, -0.05) is 0 Å². The van der Waals surface area contributed by atoms with Gasteiger partial charge in [0.1, 0.15) is 5.75 Å². The SMILES string of the molecule is COc1ccc2ncc(C(=O)NCCCn3ccnc3)cc2c1. The molecule has 0 spiro atoms. The van der Waals surface area contributed by atoms with E-state index in [1.54, 1.807) is 25.8 Å². The van der Waals surface area contributed by atoms with Crippen molar-refractivity contribution in [1.82, 2.24) is 19.9 Å². The lowest BCUT2D eigenvalue weighted by atomic mass is 10.1. The van der Waals surface area contributed by atoms with Gasteiger partial charge in [-0.3, -0.25) is 9.78 Å². The number of aryl methyl sites for hydroxylation is 1. The molecule has 0 radical (unpaired) electrons. The van der Waals surface area contributed by atoms with Crippen LogP contribution in [0.5, 0.6) is 5.75 Å². The Hall–Kier alpha value is -2.89. The van der Waals surface area contributed by atoms with Crippen LogP contribution in [-0.4, -0.2) is 34.1 Å². The van der Waals surface area contributed by atoms with E-state index < -0.39 is 0 Å². The number of ether oxygens (including phenoxy) is 1. The number of pyridine rings is 1. The first-order valence-electron chi connectivity index (χ1n) is 7.44. The summed E-state index contributed by atoms with van der Waals surface area (Å²) in [4.78, 5) is 20.5. The molecule has 3 aromatic rings. The number of amides is 1. The van der Waals surface area contributed by atoms with Crippen LogP contribution >= 0.6 is 0 Å². The third-order valence-corrected chi connectivity index (χ3v) is 3.59. The molecule has 0 fully saturated rings. The van der Waals surface area contributed by atoms with Crippen molar-refractivity contribution in [3.05, 3.63) is 54.7 Å². The standard InChI is InChI=1S/C17H18N4O2/c1-23-15-3-4-16-13(10-15)9-14(11-20-16)17(22)19-5-2-7-21-8-6-18-12-21/h3-4,6,8-12H,2,5,7H2,1H3,(H,19,22). The highest BCUT2D eigenvalue weighted by Gasteiger charge is 2.07. The van der Waals surface area contributed by atoms with Crippen LogP contribution in [0, 0.1) is 0 Å². The summed E-state index contributed by atoms with van der Waals surface area (Å²) in [6.45, 7) is 1.43. The number of benzene rings is 1. The third-order valence-electron chi connectivity index (χ3n) is 3.59. The van der Waals surface area contributed by atoms with Gasteiger partial charge in [-0.15, -0.1) is 0 Å². The van der Waals surface area contributed by atoms with Gasteiger partial charge in [0.05, 0.1) is 24.5 Å². The average molecular weight is 310 g/mol. The zero-order chi connectivity index (χ0) is 16.1. The molecule has 0 saturated heterocycles. The normalized spacial score (nSPS) is 10.7. The molecule has 3 rings (SSSR count). The van der Waals surface area contributed by atoms with Crippen LogP contribution in [0.2, 0.25) is 0 Å². The summed E-state index contributed by atoms with van der Waals surface area (Å²) in [6, 6.07) is 7.43. The Kier molecular flexibility index (Phi) is 4.52. The molecule has 6 nitrogen and oxygen atoms in total. The van der Waals surface area contributed by atoms with Gasteiger partial charge in [0.15, 0.2) is 0 Å². The first kappa shape index (κ1) is 15.0. The van der Waals surface area contributed by atoms with Crippen LogP contribution < -0.4 is 10.1 Å². The van der Waals surface area contributed by atoms with E-state index in [4.69, 9.17) is 4.74 Å². The molecule has 0 aliphatic carbocycles. The minimum absolute atomic E-state index is 0.118. The molecule has 2 heterocycles. The van der Waals surface area contributed by atoms with Gasteiger partial charge in [0.25, 0.3) is 5.91 Å². The molecule has 0 aliphatic rings. The second-order valence-corrected chi connectivity index (χ2v) is 5.19. The molecule has 6 heteroatoms. The number of methoxy groups -OCH3 is 1. The lowest BCUT2D eigenvalue weighted by Crippen LogP contribution is -2.25. The average Bonchev–Trinajstić information content (AvgIpc) is 3.11. The number of hydrogen-bond donors (Lipinski definition) is 1. The fraction of sp³-hybridized carbons (Fsp3) is 0.235. The first-order chi connectivity index (χ1) is 11.3. The Morgan fingerprint density at radius 2 is 2.26 bits per heavy atom. The van der Waals surface area contributed by atoms with Crippen molar-refractivity contribution in [2.45, 2.75) is 13.0 Å². The van der Waals surface area contributed by atoms with Gasteiger partial charge in [0.2, 0.25) is 0 Å². The van der Waals surface area contributed by atoms with Crippen molar-refractivity contribution < 1.29 is 9.53 Å². The van der Waals surface area contributed by atoms with Crippen LogP contribution in [0.3, 0.4) is 0 Å². The summed E-state index contributed by atoms with van der Waals surface area (Å²) < 4.78 is 7.18. The van der Waals surface area contributed by atoms with Crippen LogP contribution in [0.15, 0.2) is 49.2 Å². The number of carbonyl (C=O) groups is 1. The molecule has 1 amide bonds. The zero-order valence-corrected chi connectivity index (χ0v) is 12.9. The van der Waals surface area contributed by atoms with E-state index >= 15 is 0 Å². The van der Waals surface area contributed by atoms with E-state index in [0.29, 0.717) is 12.1 Å². The number of nitrogens with zero attached hydrogens (tertiary/aromatic N) is 3. The fourth-order valence-electron chi connectivity index (χ4n) is 2.35. The van der Waals surface area contributed by atoms with Crippen molar-refractivity contribution in [3.8, 4) is 5.75 Å². The van der Waals surface area contributed by atoms with Crippen molar-refractivity contribution >= 4 is 16.8 Å². The predicted molar refractivity (Wildman–Crippen MR) is 87.5 cm³/mol. The van der Waals surface area contributed by atoms with Crippen molar-refractivity contribution in [1.29, 1.82) is 0 Å². The minimum atomic E-state index is -0.118. The molecule has 1 N–H and O–H groups in total. The highest BCUT2D eigenvalue weighted by atomic mass is 16.5. The maximum atomic E-state index is 12.2.